The lowest BCUT2D eigenvalue weighted by molar-refractivity contribution is 0.0709. The summed E-state index contributed by atoms with van der Waals surface area (Å²) >= 11 is 0. The summed E-state index contributed by atoms with van der Waals surface area (Å²) in [4.78, 5) is 0. The largest absolute Gasteiger partial charge is 0.372 e. The Bertz CT molecular complexity index is 307. The molecule has 2 N–H and O–H groups in total. The van der Waals surface area contributed by atoms with E-state index in [1.54, 1.807) is 0 Å². The van der Waals surface area contributed by atoms with Crippen LogP contribution in [0.3, 0.4) is 0 Å². The zero-order valence-corrected chi connectivity index (χ0v) is 9.37. The minimum Gasteiger partial charge on any atom is -0.372 e. The van der Waals surface area contributed by atoms with Crippen molar-refractivity contribution in [2.45, 2.75) is 26.9 Å². The summed E-state index contributed by atoms with van der Waals surface area (Å²) in [6.07, 6.45) is 0.0762. The molecule has 4 heteroatoms. The number of hydrogen-bond acceptors (Lipinski definition) is 3. The lowest BCUT2D eigenvalue weighted by Gasteiger charge is -2.12. The van der Waals surface area contributed by atoms with Crippen molar-refractivity contribution < 1.29 is 4.74 Å². The Hall–Kier alpha value is -0.870. The second-order valence-electron chi connectivity index (χ2n) is 3.51. The fourth-order valence-electron chi connectivity index (χ4n) is 1.71. The van der Waals surface area contributed by atoms with Gasteiger partial charge in [-0.05, 0) is 20.8 Å². The minimum atomic E-state index is 0.0762. The first kappa shape index (κ1) is 11.2. The number of nitrogens with zero attached hydrogens (tertiary/aromatic N) is 2. The Morgan fingerprint density at radius 2 is 2.14 bits per heavy atom. The van der Waals surface area contributed by atoms with Crippen LogP contribution in [0.5, 0.6) is 0 Å². The Balaban J connectivity index is 2.83. The van der Waals surface area contributed by atoms with Gasteiger partial charge >= 0.3 is 0 Å². The van der Waals surface area contributed by atoms with Crippen molar-refractivity contribution in [2.75, 3.05) is 13.2 Å². The van der Waals surface area contributed by atoms with Crippen molar-refractivity contribution in [3.8, 4) is 0 Å². The summed E-state index contributed by atoms with van der Waals surface area (Å²) in [5, 5.41) is 4.35. The highest BCUT2D eigenvalue weighted by Crippen LogP contribution is 2.23. The highest BCUT2D eigenvalue weighted by Gasteiger charge is 2.16. The van der Waals surface area contributed by atoms with Crippen molar-refractivity contribution in [1.82, 2.24) is 9.78 Å². The van der Waals surface area contributed by atoms with Crippen molar-refractivity contribution in [1.29, 1.82) is 0 Å². The molecule has 0 aliphatic carbocycles. The molecule has 0 spiro atoms. The Morgan fingerprint density at radius 1 is 1.50 bits per heavy atom. The SMILES string of the molecule is Cc1nn(C)c(C)c1[C@@H](C)OCCN. The van der Waals surface area contributed by atoms with Crippen LogP contribution in [-0.2, 0) is 11.8 Å². The molecule has 1 aromatic heterocycles. The van der Waals surface area contributed by atoms with Gasteiger partial charge in [0, 0.05) is 24.8 Å². The fourth-order valence-corrected chi connectivity index (χ4v) is 1.71. The monoisotopic (exact) mass is 197 g/mol. The molecule has 0 bridgehead atoms. The van der Waals surface area contributed by atoms with E-state index in [9.17, 15) is 0 Å². The second-order valence-corrected chi connectivity index (χ2v) is 3.51. The van der Waals surface area contributed by atoms with Gasteiger partial charge in [-0.25, -0.2) is 0 Å². The minimum absolute atomic E-state index is 0.0762. The number of aryl methyl sites for hydroxylation is 2. The average Bonchev–Trinajstić information content (AvgIpc) is 2.38. The van der Waals surface area contributed by atoms with E-state index in [-0.39, 0.29) is 6.10 Å². The maximum absolute atomic E-state index is 5.57. The van der Waals surface area contributed by atoms with Gasteiger partial charge in [0.05, 0.1) is 18.4 Å². The van der Waals surface area contributed by atoms with E-state index in [2.05, 4.69) is 12.0 Å². The molecule has 1 aromatic rings. The molecule has 1 atom stereocenters. The predicted octanol–water partition coefficient (Wildman–Crippen LogP) is 1.07. The summed E-state index contributed by atoms with van der Waals surface area (Å²) in [5.41, 5.74) is 8.77. The molecule has 0 aromatic carbocycles. The maximum atomic E-state index is 5.57. The van der Waals surface area contributed by atoms with E-state index in [1.165, 1.54) is 5.56 Å². The van der Waals surface area contributed by atoms with Gasteiger partial charge < -0.3 is 10.5 Å². The maximum Gasteiger partial charge on any atom is 0.0833 e. The Labute approximate surface area is 85.0 Å². The van der Waals surface area contributed by atoms with Crippen molar-refractivity contribution in [3.63, 3.8) is 0 Å². The van der Waals surface area contributed by atoms with Crippen LogP contribution in [0, 0.1) is 13.8 Å². The van der Waals surface area contributed by atoms with E-state index < -0.39 is 0 Å². The Kier molecular flexibility index (Phi) is 3.66. The van der Waals surface area contributed by atoms with Crippen molar-refractivity contribution in [2.24, 2.45) is 12.8 Å². The number of rotatable bonds is 4. The van der Waals surface area contributed by atoms with Gasteiger partial charge in [0.1, 0.15) is 0 Å². The normalized spacial score (nSPS) is 13.2. The summed E-state index contributed by atoms with van der Waals surface area (Å²) < 4.78 is 7.46. The molecule has 0 saturated carbocycles. The van der Waals surface area contributed by atoms with Crippen LogP contribution in [0.25, 0.3) is 0 Å². The highest BCUT2D eigenvalue weighted by atomic mass is 16.5. The lowest BCUT2D eigenvalue weighted by atomic mass is 10.1. The van der Waals surface area contributed by atoms with Gasteiger partial charge in [0.2, 0.25) is 0 Å². The number of aromatic nitrogens is 2. The first-order valence-electron chi connectivity index (χ1n) is 4.89. The number of nitrogens with two attached hydrogens (primary N) is 1. The van der Waals surface area contributed by atoms with Crippen LogP contribution in [0.4, 0.5) is 0 Å². The van der Waals surface area contributed by atoms with Gasteiger partial charge in [-0.3, -0.25) is 4.68 Å². The Morgan fingerprint density at radius 3 is 2.57 bits per heavy atom. The number of ether oxygens (including phenoxy) is 1. The predicted molar refractivity (Wildman–Crippen MR) is 56.1 cm³/mol. The van der Waals surface area contributed by atoms with Crippen LogP contribution in [0.2, 0.25) is 0 Å². The van der Waals surface area contributed by atoms with Gasteiger partial charge in [-0.15, -0.1) is 0 Å². The van der Waals surface area contributed by atoms with E-state index in [4.69, 9.17) is 10.5 Å². The molecule has 0 saturated heterocycles. The first-order chi connectivity index (χ1) is 6.57. The quantitative estimate of drug-likeness (QED) is 0.785. The summed E-state index contributed by atoms with van der Waals surface area (Å²) in [6, 6.07) is 0. The molecule has 14 heavy (non-hydrogen) atoms. The first-order valence-corrected chi connectivity index (χ1v) is 4.89. The molecule has 0 fully saturated rings. The van der Waals surface area contributed by atoms with Crippen molar-refractivity contribution >= 4 is 0 Å². The van der Waals surface area contributed by atoms with Crippen LogP contribution in [-0.4, -0.2) is 22.9 Å². The van der Waals surface area contributed by atoms with Crippen LogP contribution < -0.4 is 5.73 Å². The van der Waals surface area contributed by atoms with Crippen LogP contribution >= 0.6 is 0 Å². The standard InChI is InChI=1S/C10H19N3O/c1-7-10(8(2)13(4)12-7)9(3)14-6-5-11/h9H,5-6,11H2,1-4H3/t9-/m1/s1. The summed E-state index contributed by atoms with van der Waals surface area (Å²) in [7, 11) is 1.95. The third kappa shape index (κ3) is 2.13. The number of hydrogen-bond donors (Lipinski definition) is 1. The molecule has 0 unspecified atom stereocenters. The molecule has 80 valence electrons. The third-order valence-electron chi connectivity index (χ3n) is 2.46. The average molecular weight is 197 g/mol. The fraction of sp³-hybridized carbons (Fsp3) is 0.700. The zero-order chi connectivity index (χ0) is 10.7. The summed E-state index contributed by atoms with van der Waals surface area (Å²) in [6.45, 7) is 7.24. The van der Waals surface area contributed by atoms with E-state index in [0.717, 1.165) is 11.4 Å². The molecule has 4 nitrogen and oxygen atoms in total. The second kappa shape index (κ2) is 4.57. The molecule has 0 aliphatic heterocycles. The van der Waals surface area contributed by atoms with Crippen LogP contribution in [0.15, 0.2) is 0 Å². The molecule has 0 aliphatic rings. The zero-order valence-electron chi connectivity index (χ0n) is 9.37. The molecule has 0 amide bonds. The lowest BCUT2D eigenvalue weighted by Crippen LogP contribution is -2.11. The van der Waals surface area contributed by atoms with Crippen LogP contribution in [0.1, 0.15) is 30.0 Å². The molecular formula is C10H19N3O. The molecule has 0 radical (unpaired) electrons. The van der Waals surface area contributed by atoms with E-state index >= 15 is 0 Å². The van der Waals surface area contributed by atoms with Gasteiger partial charge in [-0.1, -0.05) is 0 Å². The third-order valence-corrected chi connectivity index (χ3v) is 2.46. The van der Waals surface area contributed by atoms with Gasteiger partial charge in [-0.2, -0.15) is 5.10 Å². The van der Waals surface area contributed by atoms with Gasteiger partial charge in [0.15, 0.2) is 0 Å². The topological polar surface area (TPSA) is 53.1 Å². The molecule has 1 heterocycles. The summed E-state index contributed by atoms with van der Waals surface area (Å²) in [5.74, 6) is 0. The smallest absolute Gasteiger partial charge is 0.0833 e. The molecular weight excluding hydrogens is 178 g/mol. The highest BCUT2D eigenvalue weighted by molar-refractivity contribution is 5.26. The van der Waals surface area contributed by atoms with E-state index in [0.29, 0.717) is 13.2 Å². The molecule has 1 rings (SSSR count). The van der Waals surface area contributed by atoms with Gasteiger partial charge in [0.25, 0.3) is 0 Å². The van der Waals surface area contributed by atoms with E-state index in [1.807, 2.05) is 25.6 Å². The van der Waals surface area contributed by atoms with Crippen molar-refractivity contribution in [3.05, 3.63) is 17.0 Å².